The monoisotopic (exact) mass is 546 g/mol. The zero-order chi connectivity index (χ0) is 27.7. The fourth-order valence-electron chi connectivity index (χ4n) is 5.62. The molecule has 0 unspecified atom stereocenters. The van der Waals surface area contributed by atoms with Crippen LogP contribution in [-0.2, 0) is 25.4 Å². The number of benzene rings is 1. The van der Waals surface area contributed by atoms with E-state index in [1.54, 1.807) is 0 Å². The van der Waals surface area contributed by atoms with Crippen molar-refractivity contribution in [3.63, 3.8) is 0 Å². The second-order valence-corrected chi connectivity index (χ2v) is 11.0. The highest BCUT2D eigenvalue weighted by Gasteiger charge is 2.47. The van der Waals surface area contributed by atoms with Crippen molar-refractivity contribution in [2.45, 2.75) is 50.7 Å². The Morgan fingerprint density at radius 1 is 1.10 bits per heavy atom. The third-order valence-corrected chi connectivity index (χ3v) is 8.15. The third kappa shape index (κ3) is 4.44. The summed E-state index contributed by atoms with van der Waals surface area (Å²) in [7, 11) is 1.49. The van der Waals surface area contributed by atoms with Gasteiger partial charge >= 0.3 is 11.9 Å². The molecule has 1 aromatic carbocycles. The lowest BCUT2D eigenvalue weighted by Gasteiger charge is -2.24. The minimum Gasteiger partial charge on any atom is -0.318 e. The van der Waals surface area contributed by atoms with Crippen molar-refractivity contribution in [1.29, 1.82) is 0 Å². The van der Waals surface area contributed by atoms with E-state index in [4.69, 9.17) is 0 Å². The number of aromatic nitrogens is 5. The van der Waals surface area contributed by atoms with Gasteiger partial charge in [0.25, 0.3) is 0 Å². The van der Waals surface area contributed by atoms with Crippen LogP contribution in [0.1, 0.15) is 54.9 Å². The van der Waals surface area contributed by atoms with E-state index in [2.05, 4.69) is 15.1 Å². The molecule has 206 valence electrons. The number of pyridine rings is 1. The van der Waals surface area contributed by atoms with Gasteiger partial charge in [0, 0.05) is 32.5 Å². The average molecular weight is 547 g/mol. The van der Waals surface area contributed by atoms with Crippen LogP contribution in [0, 0.1) is 5.41 Å². The summed E-state index contributed by atoms with van der Waals surface area (Å²) in [4.78, 5) is 15.5. The number of alkyl halides is 5. The first-order valence-electron chi connectivity index (χ1n) is 12.7. The van der Waals surface area contributed by atoms with Gasteiger partial charge in [-0.25, -0.2) is 13.6 Å². The molecule has 6 rings (SSSR count). The first kappa shape index (κ1) is 25.7. The van der Waals surface area contributed by atoms with Crippen LogP contribution in [0.3, 0.4) is 0 Å². The lowest BCUT2D eigenvalue weighted by molar-refractivity contribution is -0.136. The Balaban J connectivity index is 1.39. The molecule has 39 heavy (non-hydrogen) atoms. The summed E-state index contributed by atoms with van der Waals surface area (Å²) >= 11 is 0. The molecule has 0 radical (unpaired) electrons. The minimum absolute atomic E-state index is 0.0996. The average Bonchev–Trinajstić information content (AvgIpc) is 3.16. The van der Waals surface area contributed by atoms with E-state index in [0.717, 1.165) is 60.5 Å². The fourth-order valence-corrected chi connectivity index (χ4v) is 5.62. The first-order valence-corrected chi connectivity index (χ1v) is 12.7. The van der Waals surface area contributed by atoms with E-state index in [9.17, 15) is 18.0 Å². The van der Waals surface area contributed by atoms with Crippen molar-refractivity contribution < 1.29 is 22.0 Å². The number of hydrogen-bond acceptors (Lipinski definition) is 4. The molecule has 2 atom stereocenters. The third-order valence-electron chi connectivity index (χ3n) is 8.15. The molecule has 1 aliphatic heterocycles. The largest absolute Gasteiger partial charge is 0.418 e. The van der Waals surface area contributed by atoms with E-state index in [-0.39, 0.29) is 22.6 Å². The maximum absolute atomic E-state index is 15.8. The fraction of sp³-hybridized carbons (Fsp3) is 0.444. The van der Waals surface area contributed by atoms with Crippen LogP contribution in [0.4, 0.5) is 22.0 Å². The minimum atomic E-state index is -4.69. The summed E-state index contributed by atoms with van der Waals surface area (Å²) in [5, 5.41) is 7.24. The van der Waals surface area contributed by atoms with Gasteiger partial charge in [-0.2, -0.15) is 13.2 Å². The Morgan fingerprint density at radius 2 is 1.87 bits per heavy atom. The second kappa shape index (κ2) is 8.73. The molecule has 1 saturated heterocycles. The molecular weight excluding hydrogens is 519 g/mol. The summed E-state index contributed by atoms with van der Waals surface area (Å²) in [6.45, 7) is 3.02. The summed E-state index contributed by atoms with van der Waals surface area (Å²) in [6.07, 6.45) is 0.252. The highest BCUT2D eigenvalue weighted by atomic mass is 19.4. The first-order chi connectivity index (χ1) is 18.4. The topological polar surface area (TPSA) is 60.4 Å². The van der Waals surface area contributed by atoms with Gasteiger partial charge in [0.1, 0.15) is 6.33 Å². The van der Waals surface area contributed by atoms with Gasteiger partial charge in [-0.3, -0.25) is 13.9 Å². The van der Waals surface area contributed by atoms with E-state index < -0.39 is 29.3 Å². The van der Waals surface area contributed by atoms with Gasteiger partial charge in [-0.05, 0) is 67.5 Å². The van der Waals surface area contributed by atoms with Crippen molar-refractivity contribution in [1.82, 2.24) is 28.6 Å². The van der Waals surface area contributed by atoms with Gasteiger partial charge < -0.3 is 4.57 Å². The Labute approximate surface area is 220 Å². The van der Waals surface area contributed by atoms with Crippen LogP contribution in [-0.4, -0.2) is 41.7 Å². The second-order valence-electron chi connectivity index (χ2n) is 11.0. The summed E-state index contributed by atoms with van der Waals surface area (Å²) in [6, 6.07) is 6.61. The van der Waals surface area contributed by atoms with E-state index in [0.29, 0.717) is 17.5 Å². The maximum atomic E-state index is 15.8. The number of fused-ring (bicyclic) bond motifs is 1. The van der Waals surface area contributed by atoms with Crippen molar-refractivity contribution in [2.75, 3.05) is 13.1 Å². The SMILES string of the molecule is Cn1cnnc1[C@@H](F)[C@](C)(F)c1cccc(-n2cc3c(C(F)(F)F)cc(CN4CCC5(CC5)C4)cn3c2=O)c1. The molecule has 0 bridgehead atoms. The standard InChI is InChI=1S/C27H27F5N6O/c1-25(29,22(28)23-34-33-16-35(23)2)18-4-3-5-19(11-18)37-14-21-20(27(30,31)32)10-17(13-38(21)24(37)39)12-36-9-8-26(15-36)6-7-26/h3-5,10-11,13-14,16,22H,6-9,12,15H2,1-2H3/t22-,25-/m1/s1. The molecule has 12 heteroatoms. The van der Waals surface area contributed by atoms with Crippen molar-refractivity contribution in [2.24, 2.45) is 12.5 Å². The molecule has 1 saturated carbocycles. The van der Waals surface area contributed by atoms with Crippen LogP contribution < -0.4 is 5.69 Å². The number of halogens is 5. The molecule has 2 fully saturated rings. The highest BCUT2D eigenvalue weighted by Crippen LogP contribution is 2.52. The lowest BCUT2D eigenvalue weighted by Crippen LogP contribution is -2.25. The van der Waals surface area contributed by atoms with Crippen LogP contribution >= 0.6 is 0 Å². The molecule has 1 aliphatic carbocycles. The highest BCUT2D eigenvalue weighted by molar-refractivity contribution is 5.58. The molecule has 0 N–H and O–H groups in total. The number of rotatable bonds is 6. The van der Waals surface area contributed by atoms with Gasteiger partial charge in [-0.1, -0.05) is 12.1 Å². The molecular formula is C27H27F5N6O. The zero-order valence-corrected chi connectivity index (χ0v) is 21.4. The number of aryl methyl sites for hydroxylation is 1. The van der Waals surface area contributed by atoms with Gasteiger partial charge in [0.05, 0.1) is 16.8 Å². The maximum Gasteiger partial charge on any atom is 0.418 e. The Kier molecular flexibility index (Phi) is 5.76. The van der Waals surface area contributed by atoms with Crippen LogP contribution in [0.25, 0.3) is 11.2 Å². The molecule has 7 nitrogen and oxygen atoms in total. The molecule has 1 spiro atoms. The van der Waals surface area contributed by atoms with Crippen LogP contribution in [0.15, 0.2) is 53.8 Å². The van der Waals surface area contributed by atoms with E-state index in [1.807, 2.05) is 0 Å². The Bertz CT molecular complexity index is 1610. The number of likely N-dealkylation sites (tertiary alicyclic amines) is 1. The van der Waals surface area contributed by atoms with Crippen molar-refractivity contribution in [3.8, 4) is 5.69 Å². The summed E-state index contributed by atoms with van der Waals surface area (Å²) < 4.78 is 76.6. The summed E-state index contributed by atoms with van der Waals surface area (Å²) in [5.74, 6) is -0.217. The normalized spacial score (nSPS) is 19.6. The molecule has 4 heterocycles. The van der Waals surface area contributed by atoms with E-state index >= 15 is 8.78 Å². The van der Waals surface area contributed by atoms with Gasteiger partial charge in [-0.15, -0.1) is 10.2 Å². The van der Waals surface area contributed by atoms with Crippen molar-refractivity contribution >= 4 is 5.52 Å². The van der Waals surface area contributed by atoms with E-state index in [1.165, 1.54) is 48.4 Å². The summed E-state index contributed by atoms with van der Waals surface area (Å²) in [5.41, 5.74) is -3.81. The molecule has 3 aromatic heterocycles. The number of hydrogen-bond donors (Lipinski definition) is 0. The van der Waals surface area contributed by atoms with Gasteiger partial charge in [0.2, 0.25) is 0 Å². The zero-order valence-electron chi connectivity index (χ0n) is 21.4. The lowest BCUT2D eigenvalue weighted by atomic mass is 9.92. The molecule has 0 amide bonds. The smallest absolute Gasteiger partial charge is 0.318 e. The predicted octanol–water partition coefficient (Wildman–Crippen LogP) is 5.12. The van der Waals surface area contributed by atoms with Crippen LogP contribution in [0.5, 0.6) is 0 Å². The van der Waals surface area contributed by atoms with Crippen LogP contribution in [0.2, 0.25) is 0 Å². The molecule has 4 aromatic rings. The number of nitrogens with zero attached hydrogens (tertiary/aromatic N) is 6. The van der Waals surface area contributed by atoms with Gasteiger partial charge in [0.15, 0.2) is 17.7 Å². The Morgan fingerprint density at radius 3 is 2.51 bits per heavy atom. The number of imidazole rings is 1. The van der Waals surface area contributed by atoms with Crippen molar-refractivity contribution in [3.05, 3.63) is 82.1 Å². The molecule has 2 aliphatic rings. The predicted molar refractivity (Wildman–Crippen MR) is 133 cm³/mol. The quantitative estimate of drug-likeness (QED) is 0.315. The Hall–Kier alpha value is -3.54.